The minimum Gasteiger partial charge on any atom is -0.338 e. The Labute approximate surface area is 134 Å². The molecule has 0 aromatic carbocycles. The number of hydrogen-bond acceptors (Lipinski definition) is 2. The molecular formula is C19H29NO2. The third-order valence-electron chi connectivity index (χ3n) is 6.02. The maximum absolute atomic E-state index is 13.0. The maximum Gasteiger partial charge on any atom is 0.226 e. The fraction of sp³-hybridized carbons (Fsp3) is 0.789. The fourth-order valence-corrected chi connectivity index (χ4v) is 4.82. The lowest BCUT2D eigenvalue weighted by molar-refractivity contribution is -0.140. The second-order valence-electron chi connectivity index (χ2n) is 7.58. The quantitative estimate of drug-likeness (QED) is 0.728. The van der Waals surface area contributed by atoms with Gasteiger partial charge in [0.2, 0.25) is 5.91 Å². The van der Waals surface area contributed by atoms with Gasteiger partial charge < -0.3 is 4.90 Å². The summed E-state index contributed by atoms with van der Waals surface area (Å²) in [6.45, 7) is 5.38. The smallest absolute Gasteiger partial charge is 0.226 e. The zero-order chi connectivity index (χ0) is 15.5. The molecule has 3 heteroatoms. The zero-order valence-electron chi connectivity index (χ0n) is 13.6. The summed E-state index contributed by atoms with van der Waals surface area (Å²) in [6.07, 6.45) is 12.0. The predicted molar refractivity (Wildman–Crippen MR) is 87.3 cm³/mol. The molecule has 0 N–H and O–H groups in total. The summed E-state index contributed by atoms with van der Waals surface area (Å²) in [4.78, 5) is 27.0. The van der Waals surface area contributed by atoms with Crippen molar-refractivity contribution >= 4 is 11.7 Å². The Kier molecular flexibility index (Phi) is 5.00. The molecule has 0 heterocycles. The SMILES string of the molecule is C=CCN(CC1CCCCC1)C(=O)C1CC2CCC(C1)C2=O. The van der Waals surface area contributed by atoms with E-state index >= 15 is 0 Å². The van der Waals surface area contributed by atoms with Crippen LogP contribution in [0.5, 0.6) is 0 Å². The van der Waals surface area contributed by atoms with Crippen LogP contribution in [0.3, 0.4) is 0 Å². The van der Waals surface area contributed by atoms with Crippen LogP contribution in [-0.4, -0.2) is 29.7 Å². The van der Waals surface area contributed by atoms with E-state index < -0.39 is 0 Å². The Morgan fingerprint density at radius 2 is 1.73 bits per heavy atom. The largest absolute Gasteiger partial charge is 0.338 e. The van der Waals surface area contributed by atoms with Gasteiger partial charge in [0.15, 0.2) is 0 Å². The van der Waals surface area contributed by atoms with Crippen molar-refractivity contribution in [3.05, 3.63) is 12.7 Å². The first-order valence-corrected chi connectivity index (χ1v) is 9.12. The monoisotopic (exact) mass is 303 g/mol. The number of Topliss-reactive ketones (excluding diaryl/α,β-unsaturated/α-hetero) is 1. The molecule has 0 aromatic heterocycles. The molecule has 3 aliphatic carbocycles. The molecule has 2 atom stereocenters. The molecule has 0 spiro atoms. The summed E-state index contributed by atoms with van der Waals surface area (Å²) in [5.41, 5.74) is 0. The average Bonchev–Trinajstić information content (AvgIpc) is 2.76. The number of amides is 1. The van der Waals surface area contributed by atoms with Gasteiger partial charge in [-0.2, -0.15) is 0 Å². The van der Waals surface area contributed by atoms with Crippen molar-refractivity contribution in [1.82, 2.24) is 4.90 Å². The van der Waals surface area contributed by atoms with Gasteiger partial charge in [0.1, 0.15) is 5.78 Å². The number of ketones is 1. The molecule has 0 saturated heterocycles. The Hall–Kier alpha value is -1.12. The van der Waals surface area contributed by atoms with E-state index in [2.05, 4.69) is 6.58 Å². The zero-order valence-corrected chi connectivity index (χ0v) is 13.6. The summed E-state index contributed by atoms with van der Waals surface area (Å²) in [5, 5.41) is 0. The molecule has 0 radical (unpaired) electrons. The Bertz CT molecular complexity index is 423. The van der Waals surface area contributed by atoms with Gasteiger partial charge in [-0.3, -0.25) is 9.59 Å². The molecular weight excluding hydrogens is 274 g/mol. The lowest BCUT2D eigenvalue weighted by Gasteiger charge is -2.34. The van der Waals surface area contributed by atoms with E-state index in [1.165, 1.54) is 32.1 Å². The van der Waals surface area contributed by atoms with E-state index in [1.807, 2.05) is 11.0 Å². The van der Waals surface area contributed by atoms with Crippen molar-refractivity contribution in [3.63, 3.8) is 0 Å². The highest BCUT2D eigenvalue weighted by molar-refractivity contribution is 5.89. The molecule has 2 unspecified atom stereocenters. The van der Waals surface area contributed by atoms with E-state index in [0.717, 1.165) is 32.2 Å². The van der Waals surface area contributed by atoms with Gasteiger partial charge >= 0.3 is 0 Å². The molecule has 3 fully saturated rings. The average molecular weight is 303 g/mol. The van der Waals surface area contributed by atoms with Gasteiger partial charge in [-0.15, -0.1) is 6.58 Å². The van der Waals surface area contributed by atoms with Crippen LogP contribution in [0.1, 0.15) is 57.8 Å². The first-order valence-electron chi connectivity index (χ1n) is 9.12. The molecule has 3 nitrogen and oxygen atoms in total. The fourth-order valence-electron chi connectivity index (χ4n) is 4.82. The second-order valence-corrected chi connectivity index (χ2v) is 7.58. The summed E-state index contributed by atoms with van der Waals surface area (Å²) in [6, 6.07) is 0. The van der Waals surface area contributed by atoms with Crippen molar-refractivity contribution < 1.29 is 9.59 Å². The number of carbonyl (C=O) groups is 2. The number of nitrogens with zero attached hydrogens (tertiary/aromatic N) is 1. The van der Waals surface area contributed by atoms with E-state index in [1.54, 1.807) is 0 Å². The van der Waals surface area contributed by atoms with Crippen LogP contribution in [0.15, 0.2) is 12.7 Å². The molecule has 22 heavy (non-hydrogen) atoms. The number of carbonyl (C=O) groups excluding carboxylic acids is 2. The second kappa shape index (κ2) is 6.97. The van der Waals surface area contributed by atoms with Gasteiger partial charge in [-0.1, -0.05) is 25.3 Å². The van der Waals surface area contributed by atoms with Crippen LogP contribution in [0.2, 0.25) is 0 Å². The molecule has 3 aliphatic rings. The van der Waals surface area contributed by atoms with Gasteiger partial charge in [0, 0.05) is 30.8 Å². The van der Waals surface area contributed by atoms with Gasteiger partial charge in [0.05, 0.1) is 0 Å². The summed E-state index contributed by atoms with van der Waals surface area (Å²) < 4.78 is 0. The maximum atomic E-state index is 13.0. The van der Waals surface area contributed by atoms with Crippen molar-refractivity contribution in [2.45, 2.75) is 57.8 Å². The van der Waals surface area contributed by atoms with Crippen LogP contribution < -0.4 is 0 Å². The highest BCUT2D eigenvalue weighted by atomic mass is 16.2. The van der Waals surface area contributed by atoms with Crippen LogP contribution in [0.4, 0.5) is 0 Å². The van der Waals surface area contributed by atoms with Crippen molar-refractivity contribution in [3.8, 4) is 0 Å². The van der Waals surface area contributed by atoms with Crippen LogP contribution in [0, 0.1) is 23.7 Å². The Morgan fingerprint density at radius 1 is 1.09 bits per heavy atom. The molecule has 1 amide bonds. The van der Waals surface area contributed by atoms with Crippen molar-refractivity contribution in [2.75, 3.05) is 13.1 Å². The van der Waals surface area contributed by atoms with E-state index in [-0.39, 0.29) is 23.7 Å². The lowest BCUT2D eigenvalue weighted by atomic mass is 9.79. The highest BCUT2D eigenvalue weighted by Crippen LogP contribution is 2.42. The third-order valence-corrected chi connectivity index (χ3v) is 6.02. The standard InChI is InChI=1S/C19H29NO2/c1-2-10-20(13-14-6-4-3-5-7-14)19(22)17-11-15-8-9-16(12-17)18(15)21/h2,14-17H,1,3-13H2. The summed E-state index contributed by atoms with van der Waals surface area (Å²) >= 11 is 0. The summed E-state index contributed by atoms with van der Waals surface area (Å²) in [5.74, 6) is 1.82. The van der Waals surface area contributed by atoms with E-state index in [0.29, 0.717) is 18.2 Å². The topological polar surface area (TPSA) is 37.4 Å². The molecule has 3 saturated carbocycles. The van der Waals surface area contributed by atoms with Crippen LogP contribution in [0.25, 0.3) is 0 Å². The normalized spacial score (nSPS) is 32.0. The van der Waals surface area contributed by atoms with Crippen molar-refractivity contribution in [1.29, 1.82) is 0 Å². The highest BCUT2D eigenvalue weighted by Gasteiger charge is 2.44. The Balaban J connectivity index is 1.62. The number of rotatable bonds is 5. The van der Waals surface area contributed by atoms with Crippen LogP contribution in [-0.2, 0) is 9.59 Å². The first kappa shape index (κ1) is 15.8. The first-order chi connectivity index (χ1) is 10.7. The minimum absolute atomic E-state index is 0.0822. The van der Waals surface area contributed by atoms with Crippen LogP contribution >= 0.6 is 0 Å². The number of fused-ring (bicyclic) bond motifs is 2. The molecule has 3 rings (SSSR count). The lowest BCUT2D eigenvalue weighted by Crippen LogP contribution is -2.43. The Morgan fingerprint density at radius 3 is 2.32 bits per heavy atom. The van der Waals surface area contributed by atoms with E-state index in [4.69, 9.17) is 0 Å². The van der Waals surface area contributed by atoms with E-state index in [9.17, 15) is 9.59 Å². The predicted octanol–water partition coefficient (Wildman–Crippen LogP) is 3.59. The van der Waals surface area contributed by atoms with Gasteiger partial charge in [-0.25, -0.2) is 0 Å². The molecule has 0 aromatic rings. The number of hydrogen-bond donors (Lipinski definition) is 0. The molecule has 0 aliphatic heterocycles. The molecule has 2 bridgehead atoms. The minimum atomic E-state index is 0.0822. The van der Waals surface area contributed by atoms with Gasteiger partial charge in [-0.05, 0) is 44.4 Å². The van der Waals surface area contributed by atoms with Gasteiger partial charge in [0.25, 0.3) is 0 Å². The third kappa shape index (κ3) is 3.28. The van der Waals surface area contributed by atoms with Crippen molar-refractivity contribution in [2.24, 2.45) is 23.7 Å². The molecule has 122 valence electrons. The summed E-state index contributed by atoms with van der Waals surface area (Å²) in [7, 11) is 0.